The predicted octanol–water partition coefficient (Wildman–Crippen LogP) is 4.17. The molecule has 0 bridgehead atoms. The van der Waals surface area contributed by atoms with Crippen LogP contribution < -0.4 is 5.32 Å². The fourth-order valence-corrected chi connectivity index (χ4v) is 2.71. The number of anilines is 1. The van der Waals surface area contributed by atoms with Crippen LogP contribution in [0.2, 0.25) is 0 Å². The van der Waals surface area contributed by atoms with E-state index in [0.717, 1.165) is 47.7 Å². The highest BCUT2D eigenvalue weighted by atomic mass is 15.2. The van der Waals surface area contributed by atoms with Gasteiger partial charge < -0.3 is 10.2 Å². The first kappa shape index (κ1) is 17.1. The highest BCUT2D eigenvalue weighted by Gasteiger charge is 2.10. The second kappa shape index (κ2) is 8.40. The highest BCUT2D eigenvalue weighted by molar-refractivity contribution is 5.78. The van der Waals surface area contributed by atoms with Gasteiger partial charge in [-0.1, -0.05) is 60.7 Å². The van der Waals surface area contributed by atoms with E-state index in [9.17, 15) is 0 Å². The van der Waals surface area contributed by atoms with Gasteiger partial charge in [0.15, 0.2) is 5.82 Å². The summed E-state index contributed by atoms with van der Waals surface area (Å²) in [5.41, 5.74) is 4.19. The Kier molecular flexibility index (Phi) is 5.75. The molecule has 3 aromatic rings. The molecule has 0 radical (unpaired) electrons. The number of nitrogens with one attached hydrogen (secondary N) is 1. The number of nitrogens with zero attached hydrogens (tertiary/aromatic N) is 3. The lowest BCUT2D eigenvalue weighted by atomic mass is 10.0. The second-order valence-electron chi connectivity index (χ2n) is 6.31. The molecular weight excluding hydrogens is 308 g/mol. The van der Waals surface area contributed by atoms with Gasteiger partial charge in [-0.15, -0.1) is 10.2 Å². The van der Waals surface area contributed by atoms with Crippen molar-refractivity contribution in [1.29, 1.82) is 0 Å². The third-order valence-electron chi connectivity index (χ3n) is 4.02. The van der Waals surface area contributed by atoms with E-state index in [4.69, 9.17) is 0 Å². The minimum atomic E-state index is 0.838. The maximum absolute atomic E-state index is 4.47. The van der Waals surface area contributed by atoms with Crippen molar-refractivity contribution in [2.75, 3.05) is 32.5 Å². The van der Waals surface area contributed by atoms with E-state index in [1.54, 1.807) is 0 Å². The Morgan fingerprint density at radius 2 is 1.48 bits per heavy atom. The molecule has 0 spiro atoms. The quantitative estimate of drug-likeness (QED) is 0.659. The van der Waals surface area contributed by atoms with Crippen LogP contribution in [-0.2, 0) is 0 Å². The molecule has 2 aromatic carbocycles. The van der Waals surface area contributed by atoms with Gasteiger partial charge in [0, 0.05) is 17.7 Å². The fourth-order valence-electron chi connectivity index (χ4n) is 2.71. The molecule has 0 atom stereocenters. The van der Waals surface area contributed by atoms with Crippen LogP contribution in [0.15, 0.2) is 66.7 Å². The molecule has 25 heavy (non-hydrogen) atoms. The van der Waals surface area contributed by atoms with Crippen LogP contribution in [-0.4, -0.2) is 42.3 Å². The monoisotopic (exact) mass is 332 g/mol. The molecule has 3 rings (SSSR count). The SMILES string of the molecule is CN(C)CCCNc1nnc(-c2ccccc2)cc1-c1ccccc1. The summed E-state index contributed by atoms with van der Waals surface area (Å²) in [5.74, 6) is 0.838. The third kappa shape index (κ3) is 4.64. The lowest BCUT2D eigenvalue weighted by Gasteiger charge is -2.13. The average molecular weight is 332 g/mol. The number of benzene rings is 2. The average Bonchev–Trinajstić information content (AvgIpc) is 2.66. The van der Waals surface area contributed by atoms with Crippen LogP contribution in [0.5, 0.6) is 0 Å². The molecule has 0 aliphatic rings. The number of hydrogen-bond acceptors (Lipinski definition) is 4. The zero-order chi connectivity index (χ0) is 17.5. The Morgan fingerprint density at radius 1 is 0.840 bits per heavy atom. The van der Waals surface area contributed by atoms with E-state index in [1.165, 1.54) is 0 Å². The van der Waals surface area contributed by atoms with E-state index in [2.05, 4.69) is 64.8 Å². The molecule has 0 amide bonds. The largest absolute Gasteiger partial charge is 0.368 e. The number of aromatic nitrogens is 2. The van der Waals surface area contributed by atoms with Gasteiger partial charge in [-0.3, -0.25) is 0 Å². The van der Waals surface area contributed by atoms with Crippen molar-refractivity contribution in [3.63, 3.8) is 0 Å². The standard InChI is InChI=1S/C21H24N4/c1-25(2)15-9-14-22-21-19(17-10-5-3-6-11-17)16-20(23-24-21)18-12-7-4-8-13-18/h3-8,10-13,16H,9,14-15H2,1-2H3,(H,22,24). The van der Waals surface area contributed by atoms with E-state index < -0.39 is 0 Å². The minimum Gasteiger partial charge on any atom is -0.368 e. The van der Waals surface area contributed by atoms with Gasteiger partial charge in [-0.2, -0.15) is 0 Å². The maximum atomic E-state index is 4.47. The smallest absolute Gasteiger partial charge is 0.156 e. The number of rotatable bonds is 7. The van der Waals surface area contributed by atoms with Crippen molar-refractivity contribution in [1.82, 2.24) is 15.1 Å². The van der Waals surface area contributed by atoms with Gasteiger partial charge in [0.25, 0.3) is 0 Å². The van der Waals surface area contributed by atoms with Crippen LogP contribution in [0.4, 0.5) is 5.82 Å². The zero-order valence-corrected chi connectivity index (χ0v) is 14.8. The lowest BCUT2D eigenvalue weighted by molar-refractivity contribution is 0.405. The van der Waals surface area contributed by atoms with E-state index >= 15 is 0 Å². The topological polar surface area (TPSA) is 41.0 Å². The minimum absolute atomic E-state index is 0.838. The van der Waals surface area contributed by atoms with E-state index in [-0.39, 0.29) is 0 Å². The van der Waals surface area contributed by atoms with Crippen LogP contribution >= 0.6 is 0 Å². The van der Waals surface area contributed by atoms with Gasteiger partial charge in [0.05, 0.1) is 5.69 Å². The van der Waals surface area contributed by atoms with E-state index in [0.29, 0.717) is 0 Å². The van der Waals surface area contributed by atoms with Crippen LogP contribution in [0.1, 0.15) is 6.42 Å². The molecule has 4 heteroatoms. The molecule has 0 saturated heterocycles. The van der Waals surface area contributed by atoms with E-state index in [1.807, 2.05) is 36.4 Å². The molecule has 1 aromatic heterocycles. The van der Waals surface area contributed by atoms with Gasteiger partial charge in [0.2, 0.25) is 0 Å². The summed E-state index contributed by atoms with van der Waals surface area (Å²) in [7, 11) is 4.17. The summed E-state index contributed by atoms with van der Waals surface area (Å²) >= 11 is 0. The molecule has 0 fully saturated rings. The molecule has 1 N–H and O–H groups in total. The number of hydrogen-bond donors (Lipinski definition) is 1. The summed E-state index contributed by atoms with van der Waals surface area (Å²) in [6.07, 6.45) is 1.06. The second-order valence-corrected chi connectivity index (χ2v) is 6.31. The summed E-state index contributed by atoms with van der Waals surface area (Å²) in [4.78, 5) is 2.18. The first-order valence-corrected chi connectivity index (χ1v) is 8.61. The van der Waals surface area contributed by atoms with Gasteiger partial charge in [-0.05, 0) is 38.7 Å². The fraction of sp³-hybridized carbons (Fsp3) is 0.238. The van der Waals surface area contributed by atoms with Crippen LogP contribution in [0, 0.1) is 0 Å². The molecule has 0 aliphatic carbocycles. The molecule has 4 nitrogen and oxygen atoms in total. The highest BCUT2D eigenvalue weighted by Crippen LogP contribution is 2.29. The maximum Gasteiger partial charge on any atom is 0.156 e. The Bertz CT molecular complexity index is 786. The zero-order valence-electron chi connectivity index (χ0n) is 14.8. The van der Waals surface area contributed by atoms with Gasteiger partial charge in [-0.25, -0.2) is 0 Å². The molecule has 0 aliphatic heterocycles. The van der Waals surface area contributed by atoms with Crippen LogP contribution in [0.3, 0.4) is 0 Å². The first-order valence-electron chi connectivity index (χ1n) is 8.61. The summed E-state index contributed by atoms with van der Waals surface area (Å²) in [6.45, 7) is 1.92. The van der Waals surface area contributed by atoms with Crippen molar-refractivity contribution in [3.05, 3.63) is 66.7 Å². The molecule has 1 heterocycles. The Labute approximate surface area is 149 Å². The molecule has 0 saturated carbocycles. The van der Waals surface area contributed by atoms with Crippen LogP contribution in [0.25, 0.3) is 22.4 Å². The third-order valence-corrected chi connectivity index (χ3v) is 4.02. The van der Waals surface area contributed by atoms with Crippen molar-refractivity contribution in [2.24, 2.45) is 0 Å². The Balaban J connectivity index is 1.89. The van der Waals surface area contributed by atoms with Crippen molar-refractivity contribution in [3.8, 4) is 22.4 Å². The predicted molar refractivity (Wildman–Crippen MR) is 105 cm³/mol. The Morgan fingerprint density at radius 3 is 2.12 bits per heavy atom. The lowest BCUT2D eigenvalue weighted by Crippen LogP contribution is -2.17. The van der Waals surface area contributed by atoms with Crippen molar-refractivity contribution >= 4 is 5.82 Å². The van der Waals surface area contributed by atoms with Gasteiger partial charge >= 0.3 is 0 Å². The normalized spacial score (nSPS) is 10.8. The molecular formula is C21H24N4. The van der Waals surface area contributed by atoms with Crippen molar-refractivity contribution < 1.29 is 0 Å². The van der Waals surface area contributed by atoms with Crippen molar-refractivity contribution in [2.45, 2.75) is 6.42 Å². The first-order chi connectivity index (χ1) is 12.2. The molecule has 0 unspecified atom stereocenters. The van der Waals surface area contributed by atoms with Gasteiger partial charge in [0.1, 0.15) is 0 Å². The summed E-state index contributed by atoms with van der Waals surface area (Å²) in [6, 6.07) is 22.6. The Hall–Kier alpha value is -2.72. The summed E-state index contributed by atoms with van der Waals surface area (Å²) in [5, 5.41) is 12.3. The summed E-state index contributed by atoms with van der Waals surface area (Å²) < 4.78 is 0. The molecule has 128 valence electrons.